The summed E-state index contributed by atoms with van der Waals surface area (Å²) in [5.41, 5.74) is 7.28. The summed E-state index contributed by atoms with van der Waals surface area (Å²) >= 11 is 0. The molecule has 0 radical (unpaired) electrons. The lowest BCUT2D eigenvalue weighted by atomic mass is 9.98. The van der Waals surface area contributed by atoms with Crippen LogP contribution in [0.4, 0.5) is 4.39 Å². The molecule has 0 bridgehead atoms. The van der Waals surface area contributed by atoms with Gasteiger partial charge in [0.2, 0.25) is 0 Å². The third-order valence-corrected chi connectivity index (χ3v) is 2.49. The molecule has 0 amide bonds. The van der Waals surface area contributed by atoms with E-state index in [9.17, 15) is 4.39 Å². The number of ether oxygens (including phenoxy) is 1. The van der Waals surface area contributed by atoms with Crippen molar-refractivity contribution in [3.05, 3.63) is 29.1 Å². The number of hydrogen-bond donors (Lipinski definition) is 1. The topological polar surface area (TPSA) is 35.2 Å². The molecule has 0 spiro atoms. The van der Waals surface area contributed by atoms with E-state index in [2.05, 4.69) is 0 Å². The molecule has 0 aliphatic heterocycles. The van der Waals surface area contributed by atoms with Gasteiger partial charge in [0.25, 0.3) is 0 Å². The van der Waals surface area contributed by atoms with E-state index in [-0.39, 0.29) is 5.82 Å². The maximum absolute atomic E-state index is 13.2. The van der Waals surface area contributed by atoms with Crippen LogP contribution in [0.3, 0.4) is 0 Å². The fourth-order valence-electron chi connectivity index (χ4n) is 1.70. The molecule has 2 N–H and O–H groups in total. The van der Waals surface area contributed by atoms with Crippen LogP contribution in [-0.4, -0.2) is 13.7 Å². The van der Waals surface area contributed by atoms with Crippen LogP contribution < -0.4 is 10.5 Å². The highest BCUT2D eigenvalue weighted by Gasteiger charge is 2.11. The lowest BCUT2D eigenvalue weighted by molar-refractivity contribution is 0.401. The van der Waals surface area contributed by atoms with Crippen molar-refractivity contribution in [2.24, 2.45) is 11.7 Å². The minimum atomic E-state index is -0.215. The number of benzene rings is 1. The molecule has 0 aliphatic rings. The van der Waals surface area contributed by atoms with E-state index in [1.54, 1.807) is 7.11 Å². The zero-order valence-corrected chi connectivity index (χ0v) is 9.51. The standard InChI is InChI=1S/C12H18FNO/c1-8(7-14)4-10-6-11(13)5-9(2)12(10)15-3/h5-6,8H,4,7,14H2,1-3H3. The van der Waals surface area contributed by atoms with E-state index in [1.165, 1.54) is 12.1 Å². The van der Waals surface area contributed by atoms with E-state index in [1.807, 2.05) is 13.8 Å². The van der Waals surface area contributed by atoms with Crippen LogP contribution in [-0.2, 0) is 6.42 Å². The third-order valence-electron chi connectivity index (χ3n) is 2.49. The second kappa shape index (κ2) is 5.12. The van der Waals surface area contributed by atoms with Crippen LogP contribution in [0.1, 0.15) is 18.1 Å². The molecule has 0 saturated heterocycles. The first-order valence-electron chi connectivity index (χ1n) is 5.11. The minimum Gasteiger partial charge on any atom is -0.496 e. The molecule has 0 heterocycles. The molecule has 0 aromatic heterocycles. The Morgan fingerprint density at radius 1 is 1.47 bits per heavy atom. The quantitative estimate of drug-likeness (QED) is 0.829. The Hall–Kier alpha value is -1.09. The summed E-state index contributed by atoms with van der Waals surface area (Å²) in [5, 5.41) is 0. The van der Waals surface area contributed by atoms with E-state index in [0.29, 0.717) is 12.5 Å². The van der Waals surface area contributed by atoms with Crippen LogP contribution in [0.5, 0.6) is 5.75 Å². The summed E-state index contributed by atoms with van der Waals surface area (Å²) in [4.78, 5) is 0. The summed E-state index contributed by atoms with van der Waals surface area (Å²) in [5.74, 6) is 0.893. The molecule has 84 valence electrons. The molecular formula is C12H18FNO. The molecule has 15 heavy (non-hydrogen) atoms. The smallest absolute Gasteiger partial charge is 0.125 e. The summed E-state index contributed by atoms with van der Waals surface area (Å²) in [6.07, 6.45) is 0.748. The van der Waals surface area contributed by atoms with Gasteiger partial charge in [-0.1, -0.05) is 6.92 Å². The maximum Gasteiger partial charge on any atom is 0.125 e. The number of rotatable bonds is 4. The van der Waals surface area contributed by atoms with E-state index < -0.39 is 0 Å². The van der Waals surface area contributed by atoms with Crippen molar-refractivity contribution in [1.29, 1.82) is 0 Å². The highest BCUT2D eigenvalue weighted by molar-refractivity contribution is 5.41. The van der Waals surface area contributed by atoms with Gasteiger partial charge in [0.1, 0.15) is 11.6 Å². The Morgan fingerprint density at radius 3 is 2.67 bits per heavy atom. The van der Waals surface area contributed by atoms with Crippen molar-refractivity contribution in [2.75, 3.05) is 13.7 Å². The molecule has 1 atom stereocenters. The first-order chi connectivity index (χ1) is 7.08. The zero-order valence-electron chi connectivity index (χ0n) is 9.51. The Morgan fingerprint density at radius 2 is 2.13 bits per heavy atom. The van der Waals surface area contributed by atoms with Gasteiger partial charge in [0.15, 0.2) is 0 Å². The fraction of sp³-hybridized carbons (Fsp3) is 0.500. The van der Waals surface area contributed by atoms with Crippen LogP contribution in [0.15, 0.2) is 12.1 Å². The van der Waals surface area contributed by atoms with Gasteiger partial charge in [0, 0.05) is 0 Å². The van der Waals surface area contributed by atoms with Gasteiger partial charge in [-0.3, -0.25) is 0 Å². The molecule has 0 aliphatic carbocycles. The van der Waals surface area contributed by atoms with Crippen molar-refractivity contribution in [2.45, 2.75) is 20.3 Å². The molecule has 3 heteroatoms. The molecular weight excluding hydrogens is 193 g/mol. The van der Waals surface area contributed by atoms with Gasteiger partial charge in [-0.05, 0) is 49.1 Å². The summed E-state index contributed by atoms with van der Waals surface area (Å²) < 4.78 is 18.5. The molecule has 1 rings (SSSR count). The zero-order chi connectivity index (χ0) is 11.4. The van der Waals surface area contributed by atoms with Gasteiger partial charge < -0.3 is 10.5 Å². The Kier molecular flexibility index (Phi) is 4.09. The number of nitrogens with two attached hydrogens (primary N) is 1. The first-order valence-corrected chi connectivity index (χ1v) is 5.11. The van der Waals surface area contributed by atoms with Crippen LogP contribution in [0.25, 0.3) is 0 Å². The van der Waals surface area contributed by atoms with Gasteiger partial charge >= 0.3 is 0 Å². The van der Waals surface area contributed by atoms with Gasteiger partial charge in [0.05, 0.1) is 7.11 Å². The number of aryl methyl sites for hydroxylation is 1. The average molecular weight is 211 g/mol. The lowest BCUT2D eigenvalue weighted by Gasteiger charge is -2.14. The Bertz CT molecular complexity index is 339. The predicted octanol–water partition coefficient (Wildman–Crippen LogP) is 2.28. The molecule has 0 fully saturated rings. The van der Waals surface area contributed by atoms with Gasteiger partial charge in [-0.15, -0.1) is 0 Å². The maximum atomic E-state index is 13.2. The normalized spacial score (nSPS) is 12.6. The monoisotopic (exact) mass is 211 g/mol. The summed E-state index contributed by atoms with van der Waals surface area (Å²) in [6, 6.07) is 3.01. The number of hydrogen-bond acceptors (Lipinski definition) is 2. The average Bonchev–Trinajstić information content (AvgIpc) is 2.17. The van der Waals surface area contributed by atoms with Gasteiger partial charge in [-0.25, -0.2) is 4.39 Å². The highest BCUT2D eigenvalue weighted by atomic mass is 19.1. The Balaban J connectivity index is 3.03. The van der Waals surface area contributed by atoms with Crippen molar-refractivity contribution in [3.63, 3.8) is 0 Å². The van der Waals surface area contributed by atoms with Crippen molar-refractivity contribution < 1.29 is 9.13 Å². The van der Waals surface area contributed by atoms with Crippen molar-refractivity contribution in [3.8, 4) is 5.75 Å². The van der Waals surface area contributed by atoms with Crippen LogP contribution in [0, 0.1) is 18.7 Å². The molecule has 1 aromatic carbocycles. The SMILES string of the molecule is COc1c(C)cc(F)cc1CC(C)CN. The van der Waals surface area contributed by atoms with Crippen LogP contribution >= 0.6 is 0 Å². The Labute approximate surface area is 90.2 Å². The minimum absolute atomic E-state index is 0.215. The van der Waals surface area contributed by atoms with Gasteiger partial charge in [-0.2, -0.15) is 0 Å². The largest absolute Gasteiger partial charge is 0.496 e. The first kappa shape index (κ1) is 12.0. The summed E-state index contributed by atoms with van der Waals surface area (Å²) in [6.45, 7) is 4.48. The molecule has 0 saturated carbocycles. The number of methoxy groups -OCH3 is 1. The van der Waals surface area contributed by atoms with E-state index in [0.717, 1.165) is 23.3 Å². The summed E-state index contributed by atoms with van der Waals surface area (Å²) in [7, 11) is 1.61. The highest BCUT2D eigenvalue weighted by Crippen LogP contribution is 2.26. The van der Waals surface area contributed by atoms with E-state index >= 15 is 0 Å². The van der Waals surface area contributed by atoms with Crippen LogP contribution in [0.2, 0.25) is 0 Å². The molecule has 2 nitrogen and oxygen atoms in total. The van der Waals surface area contributed by atoms with E-state index in [4.69, 9.17) is 10.5 Å². The second-order valence-corrected chi connectivity index (χ2v) is 3.96. The predicted molar refractivity (Wildman–Crippen MR) is 59.6 cm³/mol. The van der Waals surface area contributed by atoms with Crippen molar-refractivity contribution in [1.82, 2.24) is 0 Å². The third kappa shape index (κ3) is 2.93. The lowest BCUT2D eigenvalue weighted by Crippen LogP contribution is -2.14. The fourth-order valence-corrected chi connectivity index (χ4v) is 1.70. The molecule has 1 unspecified atom stereocenters. The number of halogens is 1. The molecule has 1 aromatic rings. The van der Waals surface area contributed by atoms with Crippen molar-refractivity contribution >= 4 is 0 Å². The second-order valence-electron chi connectivity index (χ2n) is 3.96.